The minimum atomic E-state index is -2.48. The lowest BCUT2D eigenvalue weighted by Gasteiger charge is -2.08. The molecule has 0 atom stereocenters. The van der Waals surface area contributed by atoms with Gasteiger partial charge < -0.3 is 14.5 Å². The van der Waals surface area contributed by atoms with Gasteiger partial charge in [-0.15, -0.1) is 0 Å². The Bertz CT molecular complexity index is 98.5. The van der Waals surface area contributed by atoms with Crippen molar-refractivity contribution in [1.29, 1.82) is 0 Å². The smallest absolute Gasteiger partial charge is 0.357 e. The van der Waals surface area contributed by atoms with Gasteiger partial charge in [0, 0.05) is 6.92 Å². The Morgan fingerprint density at radius 2 is 2.00 bits per heavy atom. The normalized spacial score (nSPS) is 9.78. The summed E-state index contributed by atoms with van der Waals surface area (Å²) in [7, 11) is 0. The van der Waals surface area contributed by atoms with Crippen molar-refractivity contribution in [1.82, 2.24) is 0 Å². The van der Waals surface area contributed by atoms with Gasteiger partial charge in [0.15, 0.2) is 17.4 Å². The number of rotatable bonds is 1. The van der Waals surface area contributed by atoms with E-state index in [4.69, 9.17) is 10.2 Å². The quantitative estimate of drug-likeness (QED) is 0.360. The lowest BCUT2D eigenvalue weighted by Crippen LogP contribution is -2.34. The summed E-state index contributed by atoms with van der Waals surface area (Å²) in [4.78, 5) is 9.98. The van der Waals surface area contributed by atoms with Gasteiger partial charge in [-0.05, 0) is 0 Å². The molecule has 0 fully saturated rings. The molecule has 0 saturated heterocycles. The van der Waals surface area contributed by atoms with Crippen molar-refractivity contribution in [2.45, 2.75) is 12.7 Å². The Labute approximate surface area is 67.7 Å². The highest BCUT2D eigenvalue weighted by Crippen LogP contribution is 2.00. The van der Waals surface area contributed by atoms with Crippen LogP contribution in [0, 0.1) is 0 Å². The zero-order chi connectivity index (χ0) is 6.78. The molecule has 0 saturated carbocycles. The molecule has 0 bridgehead atoms. The van der Waals surface area contributed by atoms with Gasteiger partial charge in [0.1, 0.15) is 11.9 Å². The molecular formula is C3H8AlClO4. The van der Waals surface area contributed by atoms with Crippen LogP contribution in [0.4, 0.5) is 0 Å². The van der Waals surface area contributed by atoms with E-state index < -0.39 is 11.8 Å². The summed E-state index contributed by atoms with van der Waals surface area (Å²) in [5, 5.41) is 16.6. The fourth-order valence-corrected chi connectivity index (χ4v) is 0.219. The van der Waals surface area contributed by atoms with Gasteiger partial charge in [-0.2, -0.15) is 0 Å². The third kappa shape index (κ3) is 4.70. The molecule has 0 spiro atoms. The van der Waals surface area contributed by atoms with E-state index in [9.17, 15) is 4.79 Å². The summed E-state index contributed by atoms with van der Waals surface area (Å²) in [5.74, 6) is -3.78. The first-order valence-corrected chi connectivity index (χ1v) is 2.07. The Kier molecular flexibility index (Phi) is 5.44. The molecule has 0 amide bonds. The number of hydrogen-bond acceptors (Lipinski definition) is 4. The van der Waals surface area contributed by atoms with Gasteiger partial charge in [0.25, 0.3) is 5.79 Å². The number of aliphatic hydroxyl groups is 2. The molecule has 0 aliphatic carbocycles. The molecule has 2 N–H and O–H groups in total. The monoisotopic (exact) mass is 170 g/mol. The average Bonchev–Trinajstić information content (AvgIpc) is 1.62. The van der Waals surface area contributed by atoms with Crippen molar-refractivity contribution in [3.63, 3.8) is 0 Å². The third-order valence-electron chi connectivity index (χ3n) is 0.457. The Hall–Kier alpha value is 0.212. The highest BCUT2D eigenvalue weighted by molar-refractivity contribution is 6.13. The molecule has 9 heavy (non-hydrogen) atoms. The summed E-state index contributed by atoms with van der Waals surface area (Å²) in [6.45, 7) is 0.845. The Morgan fingerprint density at radius 3 is 2.00 bits per heavy atom. The second kappa shape index (κ2) is 4.10. The number of halogens is 1. The molecule has 0 rings (SSSR count). The molecule has 0 aromatic heterocycles. The molecule has 0 aliphatic rings. The third-order valence-corrected chi connectivity index (χ3v) is 0.597. The predicted molar refractivity (Wildman–Crippen MR) is 34.7 cm³/mol. The van der Waals surface area contributed by atoms with Gasteiger partial charge >= 0.3 is 5.97 Å². The molecule has 6 heteroatoms. The van der Waals surface area contributed by atoms with Crippen LogP contribution in [0.25, 0.3) is 0 Å². The fraction of sp³-hybridized carbons (Fsp3) is 0.667. The minimum Gasteiger partial charge on any atom is -0.357 e. The molecule has 0 aromatic rings. The molecule has 0 aliphatic heterocycles. The lowest BCUT2D eigenvalue weighted by molar-refractivity contribution is -0.193. The van der Waals surface area contributed by atoms with Crippen LogP contribution in [-0.4, -0.2) is 39.3 Å². The summed E-state index contributed by atoms with van der Waals surface area (Å²) in [5.41, 5.74) is 0. The van der Waals surface area contributed by atoms with Crippen LogP contribution in [0.1, 0.15) is 6.92 Å². The van der Waals surface area contributed by atoms with Crippen LogP contribution in [0.3, 0.4) is 0 Å². The fourth-order valence-electron chi connectivity index (χ4n) is 0.0731. The molecule has 54 valence electrons. The van der Waals surface area contributed by atoms with Crippen LogP contribution >= 0.6 is 11.9 Å². The minimum absolute atomic E-state index is 0. The van der Waals surface area contributed by atoms with Crippen LogP contribution in [0.5, 0.6) is 0 Å². The number of carbonyl (C=O) groups excluding carboxylic acids is 1. The summed E-state index contributed by atoms with van der Waals surface area (Å²) in [6.07, 6.45) is 0. The first kappa shape index (κ1) is 11.9. The van der Waals surface area contributed by atoms with Crippen molar-refractivity contribution >= 4 is 35.2 Å². The maximum atomic E-state index is 9.98. The molecule has 0 heterocycles. The highest BCUT2D eigenvalue weighted by atomic mass is 35.5. The summed E-state index contributed by atoms with van der Waals surface area (Å²) in [6, 6.07) is 0. The lowest BCUT2D eigenvalue weighted by atomic mass is 10.3. The van der Waals surface area contributed by atoms with Gasteiger partial charge in [-0.25, -0.2) is 4.79 Å². The van der Waals surface area contributed by atoms with Crippen LogP contribution in [0.2, 0.25) is 0 Å². The van der Waals surface area contributed by atoms with E-state index in [2.05, 4.69) is 16.2 Å². The molecule has 0 aromatic carbocycles. The van der Waals surface area contributed by atoms with Crippen LogP contribution in [0.15, 0.2) is 0 Å². The van der Waals surface area contributed by atoms with E-state index >= 15 is 0 Å². The van der Waals surface area contributed by atoms with E-state index in [0.717, 1.165) is 6.92 Å². The highest BCUT2D eigenvalue weighted by Gasteiger charge is 2.28. The van der Waals surface area contributed by atoms with E-state index in [0.29, 0.717) is 0 Å². The first-order valence-electron chi connectivity index (χ1n) is 1.76. The maximum Gasteiger partial charge on any atom is 0.384 e. The first-order chi connectivity index (χ1) is 3.48. The van der Waals surface area contributed by atoms with Crippen molar-refractivity contribution in [2.75, 3.05) is 0 Å². The van der Waals surface area contributed by atoms with Gasteiger partial charge in [0.2, 0.25) is 0 Å². The van der Waals surface area contributed by atoms with Crippen molar-refractivity contribution < 1.29 is 19.3 Å². The largest absolute Gasteiger partial charge is 0.384 e. The van der Waals surface area contributed by atoms with E-state index in [-0.39, 0.29) is 17.4 Å². The molecule has 0 radical (unpaired) electrons. The SMILES string of the molecule is CC(O)(O)C(=O)OCl.[AlH3]. The Balaban J connectivity index is 0. The second-order valence-corrected chi connectivity index (χ2v) is 1.54. The summed E-state index contributed by atoms with van der Waals surface area (Å²) >= 11 is 4.47. The van der Waals surface area contributed by atoms with Crippen LogP contribution < -0.4 is 0 Å². The Morgan fingerprint density at radius 1 is 1.67 bits per heavy atom. The van der Waals surface area contributed by atoms with Crippen molar-refractivity contribution in [3.8, 4) is 0 Å². The zero-order valence-electron chi connectivity index (χ0n) is 4.09. The van der Waals surface area contributed by atoms with Gasteiger partial charge in [0.05, 0.1) is 0 Å². The van der Waals surface area contributed by atoms with Crippen molar-refractivity contribution in [3.05, 3.63) is 0 Å². The zero-order valence-corrected chi connectivity index (χ0v) is 4.84. The van der Waals surface area contributed by atoms with E-state index in [1.165, 1.54) is 0 Å². The number of carbonyl (C=O) groups is 1. The molecule has 0 unspecified atom stereocenters. The molecule has 4 nitrogen and oxygen atoms in total. The van der Waals surface area contributed by atoms with Gasteiger partial charge in [-0.1, -0.05) is 0 Å². The van der Waals surface area contributed by atoms with Crippen molar-refractivity contribution in [2.24, 2.45) is 0 Å². The molecular weight excluding hydrogens is 162 g/mol. The average molecular weight is 171 g/mol. The van der Waals surface area contributed by atoms with E-state index in [1.54, 1.807) is 0 Å². The summed E-state index contributed by atoms with van der Waals surface area (Å²) < 4.78 is 3.45. The second-order valence-electron chi connectivity index (χ2n) is 1.39. The standard InChI is InChI=1S/C3H5ClO4.Al.3H/c1-3(6,7)2(5)8-4;;;;/h6-7H,1H3;;;;. The van der Waals surface area contributed by atoms with Gasteiger partial charge in [-0.3, -0.25) is 0 Å². The predicted octanol–water partition coefficient (Wildman–Crippen LogP) is -1.80. The van der Waals surface area contributed by atoms with E-state index in [1.807, 2.05) is 0 Å². The number of hydrogen-bond donors (Lipinski definition) is 2. The maximum absolute atomic E-state index is 9.98. The topological polar surface area (TPSA) is 66.8 Å². The van der Waals surface area contributed by atoms with Crippen LogP contribution in [-0.2, 0) is 9.08 Å².